The molecule has 0 aliphatic heterocycles. The summed E-state index contributed by atoms with van der Waals surface area (Å²) < 4.78 is 10.0. The van der Waals surface area contributed by atoms with E-state index in [-0.39, 0.29) is 12.5 Å². The second kappa shape index (κ2) is 11.4. The van der Waals surface area contributed by atoms with Gasteiger partial charge in [0.1, 0.15) is 6.61 Å². The van der Waals surface area contributed by atoms with Crippen molar-refractivity contribution in [1.29, 1.82) is 0 Å². The van der Waals surface area contributed by atoms with Gasteiger partial charge in [-0.2, -0.15) is 0 Å². The number of hydrogen-bond acceptors (Lipinski definition) is 4. The van der Waals surface area contributed by atoms with Crippen molar-refractivity contribution >= 4 is 5.91 Å². The van der Waals surface area contributed by atoms with E-state index in [0.717, 1.165) is 32.4 Å². The molecular formula is C10H22N2O3. The van der Waals surface area contributed by atoms with E-state index in [9.17, 15) is 4.79 Å². The lowest BCUT2D eigenvalue weighted by atomic mass is 10.3. The molecule has 3 N–H and O–H groups in total. The Morgan fingerprint density at radius 2 is 2.00 bits per heavy atom. The van der Waals surface area contributed by atoms with Gasteiger partial charge < -0.3 is 20.5 Å². The van der Waals surface area contributed by atoms with Crippen LogP contribution in [-0.2, 0) is 14.3 Å². The van der Waals surface area contributed by atoms with Crippen LogP contribution in [0.15, 0.2) is 0 Å². The summed E-state index contributed by atoms with van der Waals surface area (Å²) in [4.78, 5) is 10.9. The highest BCUT2D eigenvalue weighted by Crippen LogP contribution is 1.88. The highest BCUT2D eigenvalue weighted by atomic mass is 16.5. The maximum Gasteiger partial charge on any atom is 0.245 e. The Bertz CT molecular complexity index is 154. The molecule has 0 aromatic heterocycles. The standard InChI is InChI=1S/C10H22N2O3/c1-14-9-10(13)12-6-4-8-15-7-3-2-5-11/h2-9,11H2,1H3,(H,12,13). The molecule has 0 unspecified atom stereocenters. The SMILES string of the molecule is COCC(=O)NCCCOCCCCN. The summed E-state index contributed by atoms with van der Waals surface area (Å²) in [7, 11) is 1.50. The molecule has 1 amide bonds. The van der Waals surface area contributed by atoms with Crippen molar-refractivity contribution in [2.24, 2.45) is 5.73 Å². The van der Waals surface area contributed by atoms with Gasteiger partial charge in [0, 0.05) is 26.9 Å². The summed E-state index contributed by atoms with van der Waals surface area (Å²) in [5, 5.41) is 2.72. The maximum atomic E-state index is 10.9. The van der Waals surface area contributed by atoms with Crippen LogP contribution < -0.4 is 11.1 Å². The predicted molar refractivity (Wildman–Crippen MR) is 58.6 cm³/mol. The molecule has 0 spiro atoms. The van der Waals surface area contributed by atoms with Crippen LogP contribution in [0.25, 0.3) is 0 Å². The summed E-state index contributed by atoms with van der Waals surface area (Å²) in [6.07, 6.45) is 2.84. The van der Waals surface area contributed by atoms with E-state index in [2.05, 4.69) is 10.1 Å². The minimum atomic E-state index is -0.0827. The first-order chi connectivity index (χ1) is 7.31. The van der Waals surface area contributed by atoms with E-state index in [1.54, 1.807) is 0 Å². The lowest BCUT2D eigenvalue weighted by Gasteiger charge is -2.05. The fraction of sp³-hybridized carbons (Fsp3) is 0.900. The Balaban J connectivity index is 3.01. The number of nitrogens with one attached hydrogen (secondary N) is 1. The van der Waals surface area contributed by atoms with Crippen molar-refractivity contribution in [1.82, 2.24) is 5.32 Å². The number of carbonyl (C=O) groups excluding carboxylic acids is 1. The Hall–Kier alpha value is -0.650. The van der Waals surface area contributed by atoms with Gasteiger partial charge >= 0.3 is 0 Å². The lowest BCUT2D eigenvalue weighted by Crippen LogP contribution is -2.28. The minimum absolute atomic E-state index is 0.0827. The summed E-state index contributed by atoms with van der Waals surface area (Å²) in [6.45, 7) is 2.91. The number of methoxy groups -OCH3 is 1. The number of unbranched alkanes of at least 4 members (excludes halogenated alkanes) is 1. The first kappa shape index (κ1) is 14.3. The zero-order valence-corrected chi connectivity index (χ0v) is 9.46. The van der Waals surface area contributed by atoms with Crippen LogP contribution in [0.5, 0.6) is 0 Å². The fourth-order valence-corrected chi connectivity index (χ4v) is 1.03. The van der Waals surface area contributed by atoms with Crippen LogP contribution in [-0.4, -0.2) is 45.9 Å². The molecule has 0 heterocycles. The smallest absolute Gasteiger partial charge is 0.245 e. The predicted octanol–water partition coefficient (Wildman–Crippen LogP) is -0.105. The average molecular weight is 218 g/mol. The minimum Gasteiger partial charge on any atom is -0.381 e. The van der Waals surface area contributed by atoms with Crippen molar-refractivity contribution in [3.8, 4) is 0 Å². The molecule has 90 valence electrons. The monoisotopic (exact) mass is 218 g/mol. The highest BCUT2D eigenvalue weighted by molar-refractivity contribution is 5.77. The molecule has 0 radical (unpaired) electrons. The summed E-state index contributed by atoms with van der Waals surface area (Å²) in [5.74, 6) is -0.0827. The molecule has 0 bridgehead atoms. The molecule has 0 saturated carbocycles. The van der Waals surface area contributed by atoms with Gasteiger partial charge in [-0.1, -0.05) is 0 Å². The van der Waals surface area contributed by atoms with Crippen LogP contribution in [0.1, 0.15) is 19.3 Å². The van der Waals surface area contributed by atoms with E-state index in [4.69, 9.17) is 10.5 Å². The molecule has 15 heavy (non-hydrogen) atoms. The second-order valence-corrected chi connectivity index (χ2v) is 3.24. The lowest BCUT2D eigenvalue weighted by molar-refractivity contribution is -0.124. The summed E-state index contributed by atoms with van der Waals surface area (Å²) in [5.41, 5.74) is 5.34. The molecule has 0 saturated heterocycles. The molecule has 0 rings (SSSR count). The molecule has 0 atom stereocenters. The number of amides is 1. The Morgan fingerprint density at radius 1 is 1.27 bits per heavy atom. The van der Waals surface area contributed by atoms with Gasteiger partial charge in [0.15, 0.2) is 0 Å². The van der Waals surface area contributed by atoms with Gasteiger partial charge in [-0.05, 0) is 25.8 Å². The van der Waals surface area contributed by atoms with Crippen LogP contribution in [0.4, 0.5) is 0 Å². The molecule has 0 aliphatic carbocycles. The zero-order chi connectivity index (χ0) is 11.4. The van der Waals surface area contributed by atoms with Crippen molar-refractivity contribution in [3.05, 3.63) is 0 Å². The maximum absolute atomic E-state index is 10.9. The zero-order valence-electron chi connectivity index (χ0n) is 9.46. The van der Waals surface area contributed by atoms with Crippen molar-refractivity contribution < 1.29 is 14.3 Å². The highest BCUT2D eigenvalue weighted by Gasteiger charge is 1.97. The first-order valence-corrected chi connectivity index (χ1v) is 5.34. The molecule has 0 fully saturated rings. The topological polar surface area (TPSA) is 73.6 Å². The van der Waals surface area contributed by atoms with E-state index < -0.39 is 0 Å². The Kier molecular flexibility index (Phi) is 10.9. The molecule has 5 heteroatoms. The number of nitrogens with two attached hydrogens (primary N) is 1. The van der Waals surface area contributed by atoms with E-state index in [0.29, 0.717) is 13.2 Å². The van der Waals surface area contributed by atoms with Crippen LogP contribution in [0.3, 0.4) is 0 Å². The van der Waals surface area contributed by atoms with Gasteiger partial charge in [-0.25, -0.2) is 0 Å². The second-order valence-electron chi connectivity index (χ2n) is 3.24. The van der Waals surface area contributed by atoms with Crippen molar-refractivity contribution in [2.75, 3.05) is 40.0 Å². The molecule has 5 nitrogen and oxygen atoms in total. The number of rotatable bonds is 10. The molecule has 0 aromatic carbocycles. The van der Waals surface area contributed by atoms with Gasteiger partial charge in [0.2, 0.25) is 5.91 Å². The first-order valence-electron chi connectivity index (χ1n) is 5.34. The summed E-state index contributed by atoms with van der Waals surface area (Å²) in [6, 6.07) is 0. The Morgan fingerprint density at radius 3 is 2.67 bits per heavy atom. The van der Waals surface area contributed by atoms with Gasteiger partial charge in [-0.3, -0.25) is 4.79 Å². The fourth-order valence-electron chi connectivity index (χ4n) is 1.03. The van der Waals surface area contributed by atoms with Crippen molar-refractivity contribution in [2.45, 2.75) is 19.3 Å². The van der Waals surface area contributed by atoms with E-state index in [1.807, 2.05) is 0 Å². The number of ether oxygens (including phenoxy) is 2. The van der Waals surface area contributed by atoms with E-state index >= 15 is 0 Å². The largest absolute Gasteiger partial charge is 0.381 e. The molecule has 0 aliphatic rings. The van der Waals surface area contributed by atoms with Gasteiger partial charge in [-0.15, -0.1) is 0 Å². The molecular weight excluding hydrogens is 196 g/mol. The van der Waals surface area contributed by atoms with E-state index in [1.165, 1.54) is 7.11 Å². The third-order valence-corrected chi connectivity index (χ3v) is 1.81. The van der Waals surface area contributed by atoms with Crippen LogP contribution >= 0.6 is 0 Å². The third-order valence-electron chi connectivity index (χ3n) is 1.81. The normalized spacial score (nSPS) is 10.3. The van der Waals surface area contributed by atoms with Crippen LogP contribution in [0, 0.1) is 0 Å². The quantitative estimate of drug-likeness (QED) is 0.502. The summed E-state index contributed by atoms with van der Waals surface area (Å²) >= 11 is 0. The third kappa shape index (κ3) is 11.3. The Labute approximate surface area is 91.3 Å². The van der Waals surface area contributed by atoms with Crippen molar-refractivity contribution in [3.63, 3.8) is 0 Å². The number of hydrogen-bond donors (Lipinski definition) is 2. The van der Waals surface area contributed by atoms with Crippen LogP contribution in [0.2, 0.25) is 0 Å². The average Bonchev–Trinajstić information content (AvgIpc) is 2.22. The van der Waals surface area contributed by atoms with Gasteiger partial charge in [0.05, 0.1) is 0 Å². The molecule has 0 aromatic rings. The number of carbonyl (C=O) groups is 1. The van der Waals surface area contributed by atoms with Gasteiger partial charge in [0.25, 0.3) is 0 Å².